The Morgan fingerprint density at radius 1 is 1.70 bits per heavy atom. The minimum atomic E-state index is -0.428. The predicted octanol–water partition coefficient (Wildman–Crippen LogP) is 1.09. The summed E-state index contributed by atoms with van der Waals surface area (Å²) in [6.45, 7) is 4.92. The van der Waals surface area contributed by atoms with Gasteiger partial charge in [0.05, 0.1) is 0 Å². The largest absolute Gasteiger partial charge is 0.352 e. The highest BCUT2D eigenvalue weighted by molar-refractivity contribution is 5.71. The molecule has 0 saturated carbocycles. The lowest BCUT2D eigenvalue weighted by molar-refractivity contribution is 0.247. The van der Waals surface area contributed by atoms with Gasteiger partial charge in [0.15, 0.2) is 0 Å². The molecule has 2 amide bonds. The molecule has 0 bridgehead atoms. The summed E-state index contributed by atoms with van der Waals surface area (Å²) >= 11 is 0. The molecule has 0 aromatic rings. The molecule has 0 fully saturated rings. The van der Waals surface area contributed by atoms with Crippen LogP contribution in [0.5, 0.6) is 0 Å². The maximum absolute atomic E-state index is 10.2. The number of carbonyl (C=O) groups is 1. The van der Waals surface area contributed by atoms with Gasteiger partial charge in [0.1, 0.15) is 0 Å². The molecule has 3 N–H and O–H groups in total. The summed E-state index contributed by atoms with van der Waals surface area (Å²) in [7, 11) is 0. The molecule has 0 aromatic heterocycles. The van der Waals surface area contributed by atoms with E-state index in [0.29, 0.717) is 12.5 Å². The van der Waals surface area contributed by atoms with Crippen LogP contribution in [0.4, 0.5) is 4.79 Å². The number of hydrogen-bond donors (Lipinski definition) is 2. The summed E-state index contributed by atoms with van der Waals surface area (Å²) in [5, 5.41) is 2.57. The molecule has 10 heavy (non-hydrogen) atoms. The number of rotatable bonds is 4. The topological polar surface area (TPSA) is 55.1 Å². The van der Waals surface area contributed by atoms with E-state index < -0.39 is 6.03 Å². The van der Waals surface area contributed by atoms with Gasteiger partial charge < -0.3 is 11.1 Å². The van der Waals surface area contributed by atoms with Crippen molar-refractivity contribution in [3.05, 3.63) is 0 Å². The molecule has 0 spiro atoms. The van der Waals surface area contributed by atoms with Crippen molar-refractivity contribution in [2.24, 2.45) is 11.7 Å². The molecule has 0 aliphatic carbocycles. The van der Waals surface area contributed by atoms with Crippen molar-refractivity contribution >= 4 is 6.03 Å². The quantitative estimate of drug-likeness (QED) is 0.609. The van der Waals surface area contributed by atoms with Crippen LogP contribution in [-0.2, 0) is 0 Å². The first-order valence-electron chi connectivity index (χ1n) is 3.70. The Labute approximate surface area is 62.0 Å². The van der Waals surface area contributed by atoms with E-state index in [2.05, 4.69) is 19.2 Å². The minimum absolute atomic E-state index is 0.428. The van der Waals surface area contributed by atoms with Crippen LogP contribution in [0, 0.1) is 5.92 Å². The molecule has 0 aliphatic rings. The number of nitrogens with two attached hydrogens (primary N) is 1. The summed E-state index contributed by atoms with van der Waals surface area (Å²) in [5.41, 5.74) is 4.89. The Bertz CT molecular complexity index is 104. The van der Waals surface area contributed by atoms with Crippen molar-refractivity contribution in [3.63, 3.8) is 0 Å². The summed E-state index contributed by atoms with van der Waals surface area (Å²) in [6, 6.07) is -0.428. The molecular formula is C7H16N2O. The third-order valence-electron chi connectivity index (χ3n) is 1.41. The van der Waals surface area contributed by atoms with Crippen LogP contribution in [0.2, 0.25) is 0 Å². The molecule has 3 nitrogen and oxygen atoms in total. The third kappa shape index (κ3) is 5.41. The summed E-state index contributed by atoms with van der Waals surface area (Å²) in [5.74, 6) is 0.539. The zero-order valence-electron chi connectivity index (χ0n) is 6.68. The number of amides is 2. The smallest absolute Gasteiger partial charge is 0.312 e. The summed E-state index contributed by atoms with van der Waals surface area (Å²) in [6.07, 6.45) is 2.29. The van der Waals surface area contributed by atoms with E-state index >= 15 is 0 Å². The van der Waals surface area contributed by atoms with Gasteiger partial charge in [-0.25, -0.2) is 4.79 Å². The van der Waals surface area contributed by atoms with Gasteiger partial charge in [-0.3, -0.25) is 0 Å². The Morgan fingerprint density at radius 3 is 2.70 bits per heavy atom. The number of urea groups is 1. The van der Waals surface area contributed by atoms with Crippen LogP contribution in [0.3, 0.4) is 0 Å². The predicted molar refractivity (Wildman–Crippen MR) is 41.7 cm³/mol. The van der Waals surface area contributed by atoms with Crippen molar-refractivity contribution < 1.29 is 4.79 Å². The number of hydrogen-bond acceptors (Lipinski definition) is 1. The van der Waals surface area contributed by atoms with Crippen LogP contribution >= 0.6 is 0 Å². The number of nitrogens with one attached hydrogen (secondary N) is 1. The second-order valence-electron chi connectivity index (χ2n) is 2.64. The molecule has 0 rings (SSSR count). The average Bonchev–Trinajstić information content (AvgIpc) is 1.85. The van der Waals surface area contributed by atoms with Gasteiger partial charge in [-0.2, -0.15) is 0 Å². The summed E-state index contributed by atoms with van der Waals surface area (Å²) in [4.78, 5) is 10.2. The van der Waals surface area contributed by atoms with E-state index in [1.165, 1.54) is 0 Å². The minimum Gasteiger partial charge on any atom is -0.352 e. The van der Waals surface area contributed by atoms with Gasteiger partial charge >= 0.3 is 6.03 Å². The molecule has 0 aliphatic heterocycles. The second-order valence-corrected chi connectivity index (χ2v) is 2.64. The lowest BCUT2D eigenvalue weighted by atomic mass is 10.1. The summed E-state index contributed by atoms with van der Waals surface area (Å²) < 4.78 is 0. The van der Waals surface area contributed by atoms with Crippen LogP contribution < -0.4 is 11.1 Å². The Hall–Kier alpha value is -0.730. The van der Waals surface area contributed by atoms with Gasteiger partial charge in [0.2, 0.25) is 0 Å². The molecule has 3 heteroatoms. The van der Waals surface area contributed by atoms with Crippen molar-refractivity contribution in [2.45, 2.75) is 26.7 Å². The normalized spacial score (nSPS) is 12.6. The molecule has 1 atom stereocenters. The first-order valence-corrected chi connectivity index (χ1v) is 3.70. The van der Waals surface area contributed by atoms with E-state index in [9.17, 15) is 4.79 Å². The SMILES string of the molecule is CCCC(C)CNC(N)=O. The van der Waals surface area contributed by atoms with Crippen molar-refractivity contribution in [2.75, 3.05) is 6.54 Å². The average molecular weight is 144 g/mol. The van der Waals surface area contributed by atoms with Gasteiger partial charge in [-0.15, -0.1) is 0 Å². The first kappa shape index (κ1) is 9.27. The third-order valence-corrected chi connectivity index (χ3v) is 1.41. The molecule has 0 saturated heterocycles. The van der Waals surface area contributed by atoms with Crippen molar-refractivity contribution in [3.8, 4) is 0 Å². The highest BCUT2D eigenvalue weighted by atomic mass is 16.2. The molecule has 0 radical (unpaired) electrons. The number of carbonyl (C=O) groups excluding carboxylic acids is 1. The van der Waals surface area contributed by atoms with E-state index in [0.717, 1.165) is 12.8 Å². The van der Waals surface area contributed by atoms with E-state index in [1.54, 1.807) is 0 Å². The number of primary amides is 1. The molecule has 60 valence electrons. The lowest BCUT2D eigenvalue weighted by Gasteiger charge is -2.08. The van der Waals surface area contributed by atoms with Gasteiger partial charge in [0.25, 0.3) is 0 Å². The molecule has 1 unspecified atom stereocenters. The van der Waals surface area contributed by atoms with Crippen LogP contribution in [0.1, 0.15) is 26.7 Å². The zero-order valence-corrected chi connectivity index (χ0v) is 6.68. The second kappa shape index (κ2) is 5.09. The Kier molecular flexibility index (Phi) is 4.72. The van der Waals surface area contributed by atoms with Gasteiger partial charge in [0, 0.05) is 6.54 Å². The van der Waals surface area contributed by atoms with Crippen LogP contribution in [0.25, 0.3) is 0 Å². The van der Waals surface area contributed by atoms with Crippen LogP contribution in [-0.4, -0.2) is 12.6 Å². The zero-order chi connectivity index (χ0) is 7.98. The molecule has 0 heterocycles. The van der Waals surface area contributed by atoms with Gasteiger partial charge in [-0.1, -0.05) is 20.3 Å². The van der Waals surface area contributed by atoms with Crippen molar-refractivity contribution in [1.82, 2.24) is 5.32 Å². The highest BCUT2D eigenvalue weighted by Crippen LogP contribution is 2.01. The Morgan fingerprint density at radius 2 is 2.30 bits per heavy atom. The molecular weight excluding hydrogens is 128 g/mol. The highest BCUT2D eigenvalue weighted by Gasteiger charge is 1.99. The fourth-order valence-corrected chi connectivity index (χ4v) is 0.870. The van der Waals surface area contributed by atoms with E-state index in [4.69, 9.17) is 5.73 Å². The van der Waals surface area contributed by atoms with Crippen molar-refractivity contribution in [1.29, 1.82) is 0 Å². The van der Waals surface area contributed by atoms with E-state index in [1.807, 2.05) is 0 Å². The fraction of sp³-hybridized carbons (Fsp3) is 0.857. The lowest BCUT2D eigenvalue weighted by Crippen LogP contribution is -2.32. The maximum Gasteiger partial charge on any atom is 0.312 e. The first-order chi connectivity index (χ1) is 4.66. The van der Waals surface area contributed by atoms with E-state index in [-0.39, 0.29) is 0 Å². The Balaban J connectivity index is 3.21. The van der Waals surface area contributed by atoms with Gasteiger partial charge in [-0.05, 0) is 12.3 Å². The molecule has 0 aromatic carbocycles. The monoisotopic (exact) mass is 144 g/mol. The maximum atomic E-state index is 10.2. The van der Waals surface area contributed by atoms with Crippen LogP contribution in [0.15, 0.2) is 0 Å². The standard InChI is InChI=1S/C7H16N2O/c1-3-4-6(2)5-9-7(8)10/h6H,3-5H2,1-2H3,(H3,8,9,10). The fourth-order valence-electron chi connectivity index (χ4n) is 0.870.